The zero-order chi connectivity index (χ0) is 20.1. The maximum atomic E-state index is 12.3. The Morgan fingerprint density at radius 3 is 2.68 bits per heavy atom. The lowest BCUT2D eigenvalue weighted by atomic mass is 9.95. The third kappa shape index (κ3) is 4.33. The molecular formula is C20H22N2O5S. The predicted octanol–water partition coefficient (Wildman–Crippen LogP) is 2.92. The van der Waals surface area contributed by atoms with E-state index in [1.807, 2.05) is 6.92 Å². The molecule has 1 aromatic carbocycles. The molecule has 0 spiro atoms. The van der Waals surface area contributed by atoms with Crippen molar-refractivity contribution in [2.24, 2.45) is 5.73 Å². The number of hydrogen-bond acceptors (Lipinski definition) is 6. The van der Waals surface area contributed by atoms with Crippen molar-refractivity contribution in [3.8, 4) is 5.75 Å². The van der Waals surface area contributed by atoms with Gasteiger partial charge in [0.1, 0.15) is 16.3 Å². The average Bonchev–Trinajstić information content (AvgIpc) is 3.04. The number of hydrogen-bond donors (Lipinski definition) is 2. The summed E-state index contributed by atoms with van der Waals surface area (Å²) in [6, 6.07) is 6.67. The quantitative estimate of drug-likeness (QED) is 0.693. The van der Waals surface area contributed by atoms with Gasteiger partial charge in [0.15, 0.2) is 6.61 Å². The van der Waals surface area contributed by atoms with Gasteiger partial charge < -0.3 is 20.5 Å². The van der Waals surface area contributed by atoms with Gasteiger partial charge in [0.2, 0.25) is 0 Å². The fraction of sp³-hybridized carbons (Fsp3) is 0.350. The second-order valence-electron chi connectivity index (χ2n) is 6.33. The molecule has 3 rings (SSSR count). The Labute approximate surface area is 166 Å². The minimum atomic E-state index is -0.653. The number of amides is 2. The van der Waals surface area contributed by atoms with E-state index >= 15 is 0 Å². The van der Waals surface area contributed by atoms with E-state index in [-0.39, 0.29) is 5.56 Å². The van der Waals surface area contributed by atoms with Crippen molar-refractivity contribution < 1.29 is 23.9 Å². The Hall–Kier alpha value is -2.87. The van der Waals surface area contributed by atoms with Gasteiger partial charge in [0.25, 0.3) is 11.8 Å². The molecule has 2 aromatic rings. The lowest BCUT2D eigenvalue weighted by molar-refractivity contribution is -0.119. The number of carbonyl (C=O) groups is 3. The van der Waals surface area contributed by atoms with Crippen LogP contribution in [0.25, 0.3) is 0 Å². The summed E-state index contributed by atoms with van der Waals surface area (Å²) in [6.45, 7) is 1.75. The summed E-state index contributed by atoms with van der Waals surface area (Å²) < 4.78 is 10.5. The maximum Gasteiger partial charge on any atom is 0.342 e. The molecule has 0 aliphatic heterocycles. The van der Waals surface area contributed by atoms with Gasteiger partial charge in [-0.3, -0.25) is 9.59 Å². The van der Waals surface area contributed by atoms with E-state index in [9.17, 15) is 14.4 Å². The molecule has 7 nitrogen and oxygen atoms in total. The smallest absolute Gasteiger partial charge is 0.342 e. The number of rotatable bonds is 7. The summed E-state index contributed by atoms with van der Waals surface area (Å²) >= 11 is 1.37. The van der Waals surface area contributed by atoms with Crippen molar-refractivity contribution >= 4 is 34.1 Å². The minimum absolute atomic E-state index is 0.251. The van der Waals surface area contributed by atoms with Gasteiger partial charge >= 0.3 is 5.97 Å². The minimum Gasteiger partial charge on any atom is -0.493 e. The fourth-order valence-corrected chi connectivity index (χ4v) is 4.51. The first-order chi connectivity index (χ1) is 13.5. The normalized spacial score (nSPS) is 12.8. The molecule has 0 atom stereocenters. The van der Waals surface area contributed by atoms with Crippen LogP contribution in [0.15, 0.2) is 24.3 Å². The number of esters is 1. The maximum absolute atomic E-state index is 12.3. The number of nitrogens with one attached hydrogen (secondary N) is 1. The zero-order valence-electron chi connectivity index (χ0n) is 15.6. The molecule has 1 aromatic heterocycles. The van der Waals surface area contributed by atoms with Gasteiger partial charge in [-0.1, -0.05) is 12.1 Å². The first-order valence-corrected chi connectivity index (χ1v) is 9.96. The Morgan fingerprint density at radius 1 is 1.18 bits per heavy atom. The van der Waals surface area contributed by atoms with Crippen molar-refractivity contribution in [1.82, 2.24) is 0 Å². The van der Waals surface area contributed by atoms with Crippen LogP contribution in [0.5, 0.6) is 5.75 Å². The van der Waals surface area contributed by atoms with Crippen LogP contribution >= 0.6 is 11.3 Å². The van der Waals surface area contributed by atoms with E-state index in [0.29, 0.717) is 22.9 Å². The number of fused-ring (bicyclic) bond motifs is 1. The Morgan fingerprint density at radius 2 is 1.93 bits per heavy atom. The summed E-state index contributed by atoms with van der Waals surface area (Å²) in [7, 11) is 0. The molecule has 0 saturated carbocycles. The molecule has 0 radical (unpaired) electrons. The van der Waals surface area contributed by atoms with Crippen molar-refractivity contribution in [2.45, 2.75) is 32.6 Å². The molecule has 3 N–H and O–H groups in total. The van der Waals surface area contributed by atoms with Crippen LogP contribution in [0.1, 0.15) is 50.9 Å². The third-order valence-electron chi connectivity index (χ3n) is 4.41. The molecule has 2 amide bonds. The number of primary amides is 1. The van der Waals surface area contributed by atoms with E-state index in [1.54, 1.807) is 24.3 Å². The number of thiophene rings is 1. The summed E-state index contributed by atoms with van der Waals surface area (Å²) in [5.74, 6) is -1.34. The van der Waals surface area contributed by atoms with E-state index in [1.165, 1.54) is 11.3 Å². The van der Waals surface area contributed by atoms with Crippen molar-refractivity contribution in [2.75, 3.05) is 18.5 Å². The highest BCUT2D eigenvalue weighted by Gasteiger charge is 2.25. The standard InChI is InChI=1S/C20H22N2O5S/c1-2-26-14-9-5-3-7-12(14)20(25)27-11-16(23)22-19-17(18(21)24)13-8-4-6-10-15(13)28-19/h3,5,7,9H,2,4,6,8,10-11H2,1H3,(H2,21,24)(H,22,23). The lowest BCUT2D eigenvalue weighted by Crippen LogP contribution is -2.23. The molecule has 0 fully saturated rings. The first-order valence-electron chi connectivity index (χ1n) is 9.14. The summed E-state index contributed by atoms with van der Waals surface area (Å²) in [5, 5.41) is 3.09. The molecule has 148 valence electrons. The van der Waals surface area contributed by atoms with Crippen LogP contribution in [-0.2, 0) is 22.4 Å². The van der Waals surface area contributed by atoms with E-state index in [0.717, 1.165) is 36.1 Å². The average molecular weight is 402 g/mol. The predicted molar refractivity (Wildman–Crippen MR) is 106 cm³/mol. The second-order valence-corrected chi connectivity index (χ2v) is 7.44. The van der Waals surface area contributed by atoms with E-state index in [4.69, 9.17) is 15.2 Å². The van der Waals surface area contributed by atoms with Gasteiger partial charge in [0.05, 0.1) is 12.2 Å². The summed E-state index contributed by atoms with van der Waals surface area (Å²) in [4.78, 5) is 37.5. The molecule has 1 aliphatic carbocycles. The second kappa shape index (κ2) is 8.88. The van der Waals surface area contributed by atoms with Crippen molar-refractivity contribution in [3.63, 3.8) is 0 Å². The van der Waals surface area contributed by atoms with Crippen LogP contribution in [0.2, 0.25) is 0 Å². The molecular weight excluding hydrogens is 380 g/mol. The van der Waals surface area contributed by atoms with Crippen LogP contribution in [-0.4, -0.2) is 31.0 Å². The van der Waals surface area contributed by atoms with Crippen LogP contribution < -0.4 is 15.8 Å². The number of para-hydroxylation sites is 1. The van der Waals surface area contributed by atoms with E-state index in [2.05, 4.69) is 5.32 Å². The van der Waals surface area contributed by atoms with Crippen molar-refractivity contribution in [1.29, 1.82) is 0 Å². The molecule has 1 aliphatic rings. The van der Waals surface area contributed by atoms with Crippen LogP contribution in [0.3, 0.4) is 0 Å². The molecule has 1 heterocycles. The summed E-state index contributed by atoms with van der Waals surface area (Å²) in [5.41, 5.74) is 7.08. The SMILES string of the molecule is CCOc1ccccc1C(=O)OCC(=O)Nc1sc2c(c1C(N)=O)CCCC2. The van der Waals surface area contributed by atoms with Crippen molar-refractivity contribution in [3.05, 3.63) is 45.8 Å². The summed E-state index contributed by atoms with van der Waals surface area (Å²) in [6.07, 6.45) is 3.70. The largest absolute Gasteiger partial charge is 0.493 e. The van der Waals surface area contributed by atoms with E-state index < -0.39 is 24.4 Å². The Bertz CT molecular complexity index is 906. The van der Waals surface area contributed by atoms with Gasteiger partial charge in [0, 0.05) is 4.88 Å². The van der Waals surface area contributed by atoms with Crippen LogP contribution in [0.4, 0.5) is 5.00 Å². The Kier molecular flexibility index (Phi) is 6.30. The molecule has 28 heavy (non-hydrogen) atoms. The molecule has 0 saturated heterocycles. The van der Waals surface area contributed by atoms with Crippen LogP contribution in [0, 0.1) is 0 Å². The number of ether oxygens (including phenoxy) is 2. The highest BCUT2D eigenvalue weighted by atomic mass is 32.1. The number of carbonyl (C=O) groups excluding carboxylic acids is 3. The molecule has 0 bridgehead atoms. The van der Waals surface area contributed by atoms with Gasteiger partial charge in [-0.25, -0.2) is 4.79 Å². The topological polar surface area (TPSA) is 108 Å². The number of benzene rings is 1. The number of anilines is 1. The number of aryl methyl sites for hydroxylation is 1. The fourth-order valence-electron chi connectivity index (χ4n) is 3.20. The monoisotopic (exact) mass is 402 g/mol. The Balaban J connectivity index is 1.66. The molecule has 8 heteroatoms. The molecule has 0 unspecified atom stereocenters. The third-order valence-corrected chi connectivity index (χ3v) is 5.62. The highest BCUT2D eigenvalue weighted by Crippen LogP contribution is 2.37. The first kappa shape index (κ1) is 19.9. The lowest BCUT2D eigenvalue weighted by Gasteiger charge is -2.11. The van der Waals surface area contributed by atoms with Gasteiger partial charge in [-0.15, -0.1) is 11.3 Å². The van der Waals surface area contributed by atoms with Gasteiger partial charge in [-0.2, -0.15) is 0 Å². The highest BCUT2D eigenvalue weighted by molar-refractivity contribution is 7.17. The number of nitrogens with two attached hydrogens (primary N) is 1. The zero-order valence-corrected chi connectivity index (χ0v) is 16.4. The van der Waals surface area contributed by atoms with Gasteiger partial charge in [-0.05, 0) is 50.3 Å².